The third-order valence-corrected chi connectivity index (χ3v) is 7.31. The highest BCUT2D eigenvalue weighted by molar-refractivity contribution is 7.45. The number of hydrogen-bond donors (Lipinski definition) is 1. The SMILES string of the molecule is CC/C=C\C/C=C\C/C=C\C/C=C\C/C=C\C/C=C\C/C=C\C/C=C\CCCCC(=O)OCC(O)COP(=O)([O-])OCC[N+](C)(C)C. The van der Waals surface area contributed by atoms with Crippen LogP contribution in [-0.4, -0.2) is 69.2 Å². The van der Waals surface area contributed by atoms with Crippen LogP contribution in [0, 0.1) is 0 Å². The number of hydrogen-bond acceptors (Lipinski definition) is 7. The van der Waals surface area contributed by atoms with Gasteiger partial charge >= 0.3 is 5.97 Å². The molecule has 0 saturated heterocycles. The van der Waals surface area contributed by atoms with Crippen LogP contribution in [0.1, 0.15) is 84.0 Å². The van der Waals surface area contributed by atoms with E-state index >= 15 is 0 Å². The number of quaternary nitrogens is 1. The maximum Gasteiger partial charge on any atom is 0.305 e. The summed E-state index contributed by atoms with van der Waals surface area (Å²) in [6.07, 6.45) is 44.1. The van der Waals surface area contributed by atoms with Crippen LogP contribution in [0.4, 0.5) is 0 Å². The fraction of sp³-hybridized carbons (Fsp3) is 0.553. The van der Waals surface area contributed by atoms with Crippen molar-refractivity contribution in [3.05, 3.63) is 97.2 Å². The quantitative estimate of drug-likeness (QED) is 0.0280. The predicted octanol–water partition coefficient (Wildman–Crippen LogP) is 8.25. The smallest absolute Gasteiger partial charge is 0.305 e. The van der Waals surface area contributed by atoms with Crippen molar-refractivity contribution in [2.45, 2.75) is 90.1 Å². The van der Waals surface area contributed by atoms with E-state index in [2.05, 4.69) is 109 Å². The Morgan fingerprint density at radius 2 is 1.11 bits per heavy atom. The lowest BCUT2D eigenvalue weighted by Gasteiger charge is -2.27. The van der Waals surface area contributed by atoms with Crippen LogP contribution in [0.3, 0.4) is 0 Å². The number of unbranched alkanes of at least 4 members (excludes halogenated alkanes) is 2. The van der Waals surface area contributed by atoms with E-state index in [4.69, 9.17) is 9.26 Å². The molecule has 0 aromatic rings. The van der Waals surface area contributed by atoms with Gasteiger partial charge in [0.15, 0.2) is 0 Å². The molecule has 0 bridgehead atoms. The summed E-state index contributed by atoms with van der Waals surface area (Å²) in [7, 11) is 1.20. The molecule has 47 heavy (non-hydrogen) atoms. The molecule has 2 unspecified atom stereocenters. The van der Waals surface area contributed by atoms with Crippen LogP contribution >= 0.6 is 7.82 Å². The van der Waals surface area contributed by atoms with Crippen molar-refractivity contribution in [2.24, 2.45) is 0 Å². The average molecular weight is 676 g/mol. The number of phosphoric acid groups is 1. The Labute approximate surface area is 285 Å². The van der Waals surface area contributed by atoms with Gasteiger partial charge in [-0.1, -0.05) is 104 Å². The van der Waals surface area contributed by atoms with E-state index in [0.29, 0.717) is 17.4 Å². The van der Waals surface area contributed by atoms with Crippen molar-refractivity contribution < 1.29 is 37.6 Å². The molecule has 0 aromatic carbocycles. The Kier molecular flexibility index (Phi) is 29.0. The van der Waals surface area contributed by atoms with Gasteiger partial charge in [-0.15, -0.1) is 0 Å². The highest BCUT2D eigenvalue weighted by atomic mass is 31.2. The molecular weight excluding hydrogens is 613 g/mol. The lowest BCUT2D eigenvalue weighted by Crippen LogP contribution is -2.37. The van der Waals surface area contributed by atoms with Gasteiger partial charge in [-0.05, 0) is 70.6 Å². The normalized spacial score (nSPS) is 15.3. The van der Waals surface area contributed by atoms with Crippen molar-refractivity contribution >= 4 is 13.8 Å². The second kappa shape index (κ2) is 30.7. The molecule has 0 aliphatic heterocycles. The molecule has 0 aliphatic carbocycles. The Hall–Kier alpha value is -2.58. The van der Waals surface area contributed by atoms with Crippen LogP contribution in [-0.2, 0) is 23.1 Å². The van der Waals surface area contributed by atoms with Gasteiger partial charge in [0.2, 0.25) is 0 Å². The van der Waals surface area contributed by atoms with Gasteiger partial charge in [0.05, 0.1) is 27.7 Å². The first-order valence-electron chi connectivity index (χ1n) is 17.0. The largest absolute Gasteiger partial charge is 0.756 e. The maximum atomic E-state index is 11.9. The van der Waals surface area contributed by atoms with Crippen LogP contribution < -0.4 is 4.89 Å². The van der Waals surface area contributed by atoms with E-state index in [-0.39, 0.29) is 19.6 Å². The summed E-state index contributed by atoms with van der Waals surface area (Å²) in [5, 5.41) is 9.84. The average Bonchev–Trinajstić information content (AvgIpc) is 3.01. The van der Waals surface area contributed by atoms with Gasteiger partial charge in [0.1, 0.15) is 25.9 Å². The zero-order valence-corrected chi connectivity index (χ0v) is 30.3. The molecule has 0 radical (unpaired) electrons. The van der Waals surface area contributed by atoms with Gasteiger partial charge in [0.25, 0.3) is 7.82 Å². The highest BCUT2D eigenvalue weighted by Crippen LogP contribution is 2.38. The van der Waals surface area contributed by atoms with E-state index < -0.39 is 26.5 Å². The zero-order valence-electron chi connectivity index (χ0n) is 29.4. The molecule has 0 amide bonds. The minimum atomic E-state index is -4.52. The van der Waals surface area contributed by atoms with Gasteiger partial charge < -0.3 is 28.3 Å². The molecule has 2 atom stereocenters. The number of allylic oxidation sites excluding steroid dienone is 16. The number of aliphatic hydroxyl groups is 1. The van der Waals surface area contributed by atoms with Crippen molar-refractivity contribution in [1.29, 1.82) is 0 Å². The van der Waals surface area contributed by atoms with E-state index in [9.17, 15) is 19.4 Å². The summed E-state index contributed by atoms with van der Waals surface area (Å²) >= 11 is 0. The number of rotatable bonds is 29. The summed E-state index contributed by atoms with van der Waals surface area (Å²) in [5.41, 5.74) is 0. The van der Waals surface area contributed by atoms with E-state index in [0.717, 1.165) is 64.2 Å². The molecule has 0 rings (SSSR count). The van der Waals surface area contributed by atoms with E-state index in [1.165, 1.54) is 0 Å². The number of esters is 1. The number of likely N-dealkylation sites (N-methyl/N-ethyl adjacent to an activating group) is 1. The van der Waals surface area contributed by atoms with Gasteiger partial charge in [-0.3, -0.25) is 9.36 Å². The van der Waals surface area contributed by atoms with Crippen molar-refractivity contribution in [1.82, 2.24) is 0 Å². The van der Waals surface area contributed by atoms with Crippen LogP contribution in [0.15, 0.2) is 97.2 Å². The molecule has 0 saturated carbocycles. The number of ether oxygens (including phenoxy) is 1. The first kappa shape index (κ1) is 44.4. The molecule has 0 heterocycles. The maximum absolute atomic E-state index is 11.9. The summed E-state index contributed by atoms with van der Waals surface area (Å²) in [4.78, 5) is 23.6. The van der Waals surface area contributed by atoms with Gasteiger partial charge in [-0.25, -0.2) is 0 Å². The second-order valence-electron chi connectivity index (χ2n) is 12.0. The van der Waals surface area contributed by atoms with Crippen LogP contribution in [0.2, 0.25) is 0 Å². The lowest BCUT2D eigenvalue weighted by atomic mass is 10.2. The van der Waals surface area contributed by atoms with E-state index in [1.54, 1.807) is 0 Å². The van der Waals surface area contributed by atoms with E-state index in [1.807, 2.05) is 21.1 Å². The monoisotopic (exact) mass is 675 g/mol. The van der Waals surface area contributed by atoms with Crippen LogP contribution in [0.5, 0.6) is 0 Å². The molecule has 9 heteroatoms. The van der Waals surface area contributed by atoms with Crippen molar-refractivity contribution in [3.8, 4) is 0 Å². The molecule has 1 N–H and O–H groups in total. The summed E-state index contributed by atoms with van der Waals surface area (Å²) in [5.74, 6) is -0.435. The summed E-state index contributed by atoms with van der Waals surface area (Å²) in [6.45, 7) is 1.75. The summed E-state index contributed by atoms with van der Waals surface area (Å²) < 4.78 is 26.7. The Bertz CT molecular complexity index is 1060. The minimum Gasteiger partial charge on any atom is -0.756 e. The standard InChI is InChI=1S/C38H62NO7P/c1-5-6-7-8-9-10-11-12-13-14-15-16-17-18-19-20-21-22-23-24-25-26-27-28-29-30-31-32-38(41)44-35-37(40)36-46-47(42,43)45-34-33-39(2,3)4/h6-7,9-10,12-13,15-16,18-19,21-22,24-25,27-28,37,40H,5,8,11,14,17,20,23,26,29-36H2,1-4H3/b7-6-,10-9-,13-12-,16-15-,19-18-,22-21-,25-24-,28-27-. The van der Waals surface area contributed by atoms with Gasteiger partial charge in [0, 0.05) is 6.42 Å². The lowest BCUT2D eigenvalue weighted by molar-refractivity contribution is -0.870. The molecule has 0 aliphatic rings. The molecule has 8 nitrogen and oxygen atoms in total. The number of nitrogens with zero attached hydrogens (tertiary/aromatic N) is 1. The molecular formula is C38H62NO7P. The number of aliphatic hydroxyl groups excluding tert-OH is 1. The van der Waals surface area contributed by atoms with Crippen LogP contribution in [0.25, 0.3) is 0 Å². The molecule has 0 aromatic heterocycles. The van der Waals surface area contributed by atoms with Gasteiger partial charge in [-0.2, -0.15) is 0 Å². The van der Waals surface area contributed by atoms with Crippen molar-refractivity contribution in [2.75, 3.05) is 47.5 Å². The molecule has 0 fully saturated rings. The topological polar surface area (TPSA) is 105 Å². The Morgan fingerprint density at radius 1 is 0.681 bits per heavy atom. The molecule has 266 valence electrons. The minimum absolute atomic E-state index is 0.0215. The fourth-order valence-electron chi connectivity index (χ4n) is 3.66. The molecule has 0 spiro atoms. The predicted molar refractivity (Wildman–Crippen MR) is 194 cm³/mol. The number of carbonyl (C=O) groups is 1. The third-order valence-electron chi connectivity index (χ3n) is 6.35. The first-order valence-corrected chi connectivity index (χ1v) is 18.5. The summed E-state index contributed by atoms with van der Waals surface area (Å²) in [6, 6.07) is 0. The number of carbonyl (C=O) groups excluding carboxylic acids is 1. The first-order chi connectivity index (χ1) is 22.6. The number of phosphoric ester groups is 1. The fourth-order valence-corrected chi connectivity index (χ4v) is 4.40. The Balaban J connectivity index is 3.72. The second-order valence-corrected chi connectivity index (χ2v) is 13.4. The third kappa shape index (κ3) is 36.1. The van der Waals surface area contributed by atoms with Crippen molar-refractivity contribution in [3.63, 3.8) is 0 Å². The Morgan fingerprint density at radius 3 is 1.53 bits per heavy atom. The zero-order chi connectivity index (χ0) is 34.9. The highest BCUT2D eigenvalue weighted by Gasteiger charge is 2.16.